The van der Waals surface area contributed by atoms with Crippen LogP contribution in [0.25, 0.3) is 11.4 Å². The Balaban J connectivity index is 0.000000304. The van der Waals surface area contributed by atoms with E-state index >= 15 is 0 Å². The molecule has 0 unspecified atom stereocenters. The number of anilines is 1. The summed E-state index contributed by atoms with van der Waals surface area (Å²) in [6, 6.07) is 32.0. The molecule has 0 saturated carbocycles. The number of carbonyl (C=O) groups is 3. The summed E-state index contributed by atoms with van der Waals surface area (Å²) in [7, 11) is 0. The highest BCUT2D eigenvalue weighted by atomic mass is 35.5. The number of amides is 3. The van der Waals surface area contributed by atoms with Gasteiger partial charge in [-0.3, -0.25) is 14.4 Å². The van der Waals surface area contributed by atoms with Crippen molar-refractivity contribution in [1.29, 1.82) is 0 Å². The third-order valence-electron chi connectivity index (χ3n) is 6.28. The van der Waals surface area contributed by atoms with E-state index in [1.165, 1.54) is 22.6 Å². The number of pyridine rings is 1. The topological polar surface area (TPSA) is 155 Å². The van der Waals surface area contributed by atoms with Crippen LogP contribution in [-0.4, -0.2) is 74.7 Å². The minimum absolute atomic E-state index is 0.0146. The van der Waals surface area contributed by atoms with Gasteiger partial charge < -0.3 is 20.3 Å². The van der Waals surface area contributed by atoms with Gasteiger partial charge in [0.15, 0.2) is 0 Å². The number of tetrazole rings is 1. The lowest BCUT2D eigenvalue weighted by atomic mass is 10.2. The van der Waals surface area contributed by atoms with Crippen LogP contribution in [0, 0.1) is 6.92 Å². The fourth-order valence-corrected chi connectivity index (χ4v) is 4.21. The molecule has 46 heavy (non-hydrogen) atoms. The zero-order valence-electron chi connectivity index (χ0n) is 25.1. The number of rotatable bonds is 7. The van der Waals surface area contributed by atoms with Crippen LogP contribution in [-0.2, 0) is 9.53 Å². The fraction of sp³-hybridized carbons (Fsp3) is 0.182. The molecule has 1 saturated heterocycles. The molecule has 0 radical (unpaired) electrons. The number of hydrogen-bond donors (Lipinski definition) is 3. The standard InChI is InChI=1S/C20H19ClN8O4.C7H8.C6H6/c21-13-9-15(24-16(10-13)20(32)29-6-7-33-11-29)19(31)22-5-4-17(30)23-14-3-1-2-12(8-14)18-25-27-28-26-18;1-7-5-3-2-4-6-7;1-2-4-6-5-3-1/h1-3,8-10H,4-7,11H2,(H,22,31)(H,23,30)(H,25,26,27,28);2-6H,1H3;1-6H. The van der Waals surface area contributed by atoms with Crippen LogP contribution in [0.4, 0.5) is 5.69 Å². The third kappa shape index (κ3) is 10.9. The van der Waals surface area contributed by atoms with Gasteiger partial charge in [-0.15, -0.1) is 10.2 Å². The monoisotopic (exact) mass is 640 g/mol. The first-order valence-corrected chi connectivity index (χ1v) is 14.7. The van der Waals surface area contributed by atoms with Crippen molar-refractivity contribution < 1.29 is 19.1 Å². The molecule has 3 amide bonds. The van der Waals surface area contributed by atoms with Gasteiger partial charge in [0.2, 0.25) is 11.7 Å². The maximum absolute atomic E-state index is 12.5. The number of aryl methyl sites for hydroxylation is 1. The summed E-state index contributed by atoms with van der Waals surface area (Å²) < 4.78 is 5.17. The van der Waals surface area contributed by atoms with E-state index in [4.69, 9.17) is 16.3 Å². The summed E-state index contributed by atoms with van der Waals surface area (Å²) in [5.41, 5.74) is 2.60. The molecule has 1 fully saturated rings. The Morgan fingerprint density at radius 2 is 1.61 bits per heavy atom. The van der Waals surface area contributed by atoms with Gasteiger partial charge in [-0.05, 0) is 36.4 Å². The van der Waals surface area contributed by atoms with Crippen molar-refractivity contribution in [3.63, 3.8) is 0 Å². The van der Waals surface area contributed by atoms with E-state index in [2.05, 4.69) is 55.3 Å². The molecule has 0 aliphatic carbocycles. The van der Waals surface area contributed by atoms with Crippen molar-refractivity contribution in [3.8, 4) is 11.4 Å². The van der Waals surface area contributed by atoms with Crippen LogP contribution in [0.15, 0.2) is 103 Å². The van der Waals surface area contributed by atoms with E-state index in [0.29, 0.717) is 30.2 Å². The van der Waals surface area contributed by atoms with E-state index in [9.17, 15) is 14.4 Å². The zero-order chi connectivity index (χ0) is 32.6. The highest BCUT2D eigenvalue weighted by Gasteiger charge is 2.23. The Bertz CT molecular complexity index is 1660. The predicted molar refractivity (Wildman–Crippen MR) is 174 cm³/mol. The smallest absolute Gasteiger partial charge is 0.274 e. The molecule has 3 N–H and O–H groups in total. The number of nitrogens with one attached hydrogen (secondary N) is 3. The maximum atomic E-state index is 12.5. The second kappa shape index (κ2) is 17.7. The lowest BCUT2D eigenvalue weighted by molar-refractivity contribution is -0.116. The predicted octanol–water partition coefficient (Wildman–Crippen LogP) is 4.79. The van der Waals surface area contributed by atoms with Gasteiger partial charge in [0.05, 0.1) is 6.61 Å². The van der Waals surface area contributed by atoms with E-state index in [1.807, 2.05) is 54.6 Å². The van der Waals surface area contributed by atoms with Crippen molar-refractivity contribution >= 4 is 35.0 Å². The van der Waals surface area contributed by atoms with Crippen LogP contribution in [0.2, 0.25) is 5.02 Å². The Morgan fingerprint density at radius 3 is 2.22 bits per heavy atom. The van der Waals surface area contributed by atoms with Crippen molar-refractivity contribution in [2.75, 3.05) is 31.7 Å². The Morgan fingerprint density at radius 1 is 0.913 bits per heavy atom. The Labute approximate surface area is 271 Å². The van der Waals surface area contributed by atoms with E-state index in [-0.39, 0.29) is 47.9 Å². The van der Waals surface area contributed by atoms with E-state index in [1.54, 1.807) is 24.3 Å². The second-order valence-electron chi connectivity index (χ2n) is 9.84. The number of carbonyl (C=O) groups excluding carboxylic acids is 3. The largest absolute Gasteiger partial charge is 0.359 e. The Hall–Kier alpha value is -5.46. The summed E-state index contributed by atoms with van der Waals surface area (Å²) in [4.78, 5) is 42.8. The van der Waals surface area contributed by atoms with E-state index < -0.39 is 5.91 Å². The molecule has 3 aromatic carbocycles. The lowest BCUT2D eigenvalue weighted by Gasteiger charge is -2.13. The molecular weight excluding hydrogens is 608 g/mol. The fourth-order valence-electron chi connectivity index (χ4n) is 4.00. The van der Waals surface area contributed by atoms with E-state index in [0.717, 1.165) is 0 Å². The summed E-state index contributed by atoms with van der Waals surface area (Å²) in [5, 5.41) is 19.2. The minimum Gasteiger partial charge on any atom is -0.359 e. The van der Waals surface area contributed by atoms with Crippen LogP contribution < -0.4 is 10.6 Å². The van der Waals surface area contributed by atoms with Crippen LogP contribution in [0.1, 0.15) is 33.0 Å². The SMILES string of the molecule is Cc1ccccc1.O=C(CCNC(=O)c1cc(Cl)cc(C(=O)N2CCOC2)n1)Nc1cccc(-c2nn[nH]n2)c1.c1ccccc1. The van der Waals surface area contributed by atoms with Gasteiger partial charge in [-0.25, -0.2) is 4.98 Å². The number of nitrogens with zero attached hydrogens (tertiary/aromatic N) is 5. The number of aromatic nitrogens is 5. The number of benzene rings is 3. The second-order valence-corrected chi connectivity index (χ2v) is 10.3. The van der Waals surface area contributed by atoms with Crippen molar-refractivity contribution in [2.24, 2.45) is 0 Å². The molecule has 1 aliphatic heterocycles. The van der Waals surface area contributed by atoms with Crippen molar-refractivity contribution in [1.82, 2.24) is 35.8 Å². The molecule has 6 rings (SSSR count). The third-order valence-corrected chi connectivity index (χ3v) is 6.49. The van der Waals surface area contributed by atoms with Gasteiger partial charge in [-0.1, -0.05) is 96.0 Å². The highest BCUT2D eigenvalue weighted by Crippen LogP contribution is 2.18. The van der Waals surface area contributed by atoms with Crippen molar-refractivity contribution in [2.45, 2.75) is 13.3 Å². The number of H-pyrrole nitrogens is 1. The molecule has 2 aromatic heterocycles. The van der Waals surface area contributed by atoms with Gasteiger partial charge in [-0.2, -0.15) is 5.21 Å². The lowest BCUT2D eigenvalue weighted by Crippen LogP contribution is -2.31. The molecule has 236 valence electrons. The molecule has 3 heterocycles. The first-order chi connectivity index (χ1) is 22.4. The van der Waals surface area contributed by atoms with Crippen LogP contribution in [0.3, 0.4) is 0 Å². The normalized spacial score (nSPS) is 11.7. The van der Waals surface area contributed by atoms with Gasteiger partial charge in [0.25, 0.3) is 11.8 Å². The molecular formula is C33H33ClN8O4. The van der Waals surface area contributed by atoms with Gasteiger partial charge in [0.1, 0.15) is 18.1 Å². The molecule has 0 bridgehead atoms. The Kier molecular flexibility index (Phi) is 12.9. The summed E-state index contributed by atoms with van der Waals surface area (Å²) in [6.45, 7) is 3.21. The van der Waals surface area contributed by atoms with Gasteiger partial charge in [0, 0.05) is 35.8 Å². The van der Waals surface area contributed by atoms with Crippen LogP contribution in [0.5, 0.6) is 0 Å². The summed E-state index contributed by atoms with van der Waals surface area (Å²) in [5.74, 6) is -0.811. The summed E-state index contributed by atoms with van der Waals surface area (Å²) >= 11 is 6.07. The minimum atomic E-state index is -0.545. The first-order valence-electron chi connectivity index (χ1n) is 14.4. The molecule has 0 spiro atoms. The quantitative estimate of drug-likeness (QED) is 0.229. The zero-order valence-corrected chi connectivity index (χ0v) is 25.9. The molecule has 5 aromatic rings. The number of halogens is 1. The van der Waals surface area contributed by atoms with Crippen LogP contribution >= 0.6 is 11.6 Å². The number of ether oxygens (including phenoxy) is 1. The maximum Gasteiger partial charge on any atom is 0.274 e. The van der Waals surface area contributed by atoms with Crippen molar-refractivity contribution in [3.05, 3.63) is 125 Å². The average Bonchev–Trinajstić information content (AvgIpc) is 3.82. The number of aromatic amines is 1. The molecule has 13 heteroatoms. The first kappa shape index (κ1) is 33.4. The average molecular weight is 641 g/mol. The summed E-state index contributed by atoms with van der Waals surface area (Å²) in [6.07, 6.45) is 0.0235. The molecule has 12 nitrogen and oxygen atoms in total. The molecule has 1 aliphatic rings. The number of hydrogen-bond acceptors (Lipinski definition) is 8. The highest BCUT2D eigenvalue weighted by molar-refractivity contribution is 6.31. The van der Waals surface area contributed by atoms with Gasteiger partial charge >= 0.3 is 0 Å². The molecule has 0 atom stereocenters.